The van der Waals surface area contributed by atoms with Gasteiger partial charge in [0.05, 0.1) is 33.9 Å². The zero-order valence-corrected chi connectivity index (χ0v) is 30.3. The number of hydrogen-bond donors (Lipinski definition) is 1. The molecule has 1 aliphatic rings. The number of halogens is 2. The Morgan fingerprint density at radius 1 is 0.980 bits per heavy atom. The minimum atomic E-state index is -0.999. The Balaban J connectivity index is 1.37. The second kappa shape index (κ2) is 12.8. The van der Waals surface area contributed by atoms with Crippen molar-refractivity contribution in [3.05, 3.63) is 104 Å². The van der Waals surface area contributed by atoms with E-state index in [0.717, 1.165) is 77.5 Å². The van der Waals surface area contributed by atoms with E-state index in [2.05, 4.69) is 21.5 Å². The molecule has 11 heteroatoms. The number of amides is 1. The molecule has 9 nitrogen and oxygen atoms in total. The van der Waals surface area contributed by atoms with Gasteiger partial charge in [-0.1, -0.05) is 29.3 Å². The molecule has 4 heterocycles. The van der Waals surface area contributed by atoms with Gasteiger partial charge in [0.2, 0.25) is 0 Å². The number of rotatable bonds is 8. The quantitative estimate of drug-likeness (QED) is 0.158. The number of aromatic carboxylic acids is 1. The normalized spacial score (nSPS) is 14.5. The number of carbonyl (C=O) groups excluding carboxylic acids is 1. The summed E-state index contributed by atoms with van der Waals surface area (Å²) < 4.78 is 10.2. The van der Waals surface area contributed by atoms with Gasteiger partial charge < -0.3 is 23.9 Å². The number of hydrogen-bond acceptors (Lipinski definition) is 5. The summed E-state index contributed by atoms with van der Waals surface area (Å²) in [7, 11) is 1.86. The van der Waals surface area contributed by atoms with Crippen LogP contribution in [0, 0.1) is 27.7 Å². The summed E-state index contributed by atoms with van der Waals surface area (Å²) in [6.45, 7) is 10.8. The van der Waals surface area contributed by atoms with E-state index in [9.17, 15) is 14.7 Å². The Morgan fingerprint density at radius 2 is 1.66 bits per heavy atom. The molecule has 0 saturated carbocycles. The monoisotopic (exact) mass is 709 g/mol. The van der Waals surface area contributed by atoms with Gasteiger partial charge in [0, 0.05) is 64.1 Å². The van der Waals surface area contributed by atoms with Crippen molar-refractivity contribution < 1.29 is 19.4 Å². The molecule has 3 aromatic carbocycles. The molecule has 256 valence electrons. The zero-order valence-electron chi connectivity index (χ0n) is 28.8. The number of nitrogens with zero attached hydrogens (tertiary/aromatic N) is 5. The van der Waals surface area contributed by atoms with Gasteiger partial charge in [-0.15, -0.1) is 0 Å². The fraction of sp³-hybridized carbons (Fsp3) is 0.282. The molecule has 0 spiro atoms. The third-order valence-electron chi connectivity index (χ3n) is 9.79. The maximum absolute atomic E-state index is 14.9. The zero-order chi connectivity index (χ0) is 35.6. The molecule has 0 fully saturated rings. The van der Waals surface area contributed by atoms with Crippen molar-refractivity contribution in [2.45, 2.75) is 53.5 Å². The Kier molecular flexibility index (Phi) is 8.60. The number of carboxylic acid groups (broad SMARTS) is 1. The first kappa shape index (κ1) is 33.6. The molecule has 0 unspecified atom stereocenters. The smallest absolute Gasteiger partial charge is 0.335 e. The molecule has 1 amide bonds. The molecule has 1 atom stereocenters. The van der Waals surface area contributed by atoms with Crippen molar-refractivity contribution in [1.29, 1.82) is 0 Å². The highest BCUT2D eigenvalue weighted by atomic mass is 35.5. The molecule has 3 aromatic heterocycles. The maximum atomic E-state index is 14.9. The second-order valence-electron chi connectivity index (χ2n) is 13.2. The minimum absolute atomic E-state index is 0.131. The molecule has 0 radical (unpaired) electrons. The number of fused-ring (bicyclic) bond motifs is 4. The van der Waals surface area contributed by atoms with E-state index >= 15 is 0 Å². The van der Waals surface area contributed by atoms with Crippen LogP contribution in [0.15, 0.2) is 55.0 Å². The number of carbonyl (C=O) groups is 2. The van der Waals surface area contributed by atoms with Gasteiger partial charge in [-0.3, -0.25) is 4.79 Å². The Morgan fingerprint density at radius 3 is 2.34 bits per heavy atom. The number of ether oxygens (including phenoxy) is 1. The predicted octanol–water partition coefficient (Wildman–Crippen LogP) is 9.06. The van der Waals surface area contributed by atoms with Crippen LogP contribution >= 0.6 is 23.2 Å². The van der Waals surface area contributed by atoms with Gasteiger partial charge in [0.15, 0.2) is 0 Å². The first-order chi connectivity index (χ1) is 23.9. The van der Waals surface area contributed by atoms with Crippen LogP contribution in [-0.4, -0.2) is 49.2 Å². The van der Waals surface area contributed by atoms with E-state index in [1.54, 1.807) is 24.5 Å². The molecule has 50 heavy (non-hydrogen) atoms. The lowest BCUT2D eigenvalue weighted by molar-refractivity contribution is 0.0696. The van der Waals surface area contributed by atoms with E-state index in [-0.39, 0.29) is 17.5 Å². The summed E-state index contributed by atoms with van der Waals surface area (Å²) in [6, 6.07) is 12.7. The average molecular weight is 711 g/mol. The van der Waals surface area contributed by atoms with Gasteiger partial charge in [-0.05, 0) is 101 Å². The van der Waals surface area contributed by atoms with Crippen molar-refractivity contribution in [3.8, 4) is 16.9 Å². The maximum Gasteiger partial charge on any atom is 0.335 e. The first-order valence-electron chi connectivity index (χ1n) is 16.5. The van der Waals surface area contributed by atoms with Crippen LogP contribution in [-0.2, 0) is 13.5 Å². The van der Waals surface area contributed by atoms with Crippen molar-refractivity contribution in [2.75, 3.05) is 18.1 Å². The summed E-state index contributed by atoms with van der Waals surface area (Å²) in [5.74, 6) is -0.371. The minimum Gasteiger partial charge on any atom is -0.494 e. The van der Waals surface area contributed by atoms with Crippen molar-refractivity contribution in [1.82, 2.24) is 19.1 Å². The average Bonchev–Trinajstić information content (AvgIpc) is 3.59. The van der Waals surface area contributed by atoms with Gasteiger partial charge in [0.25, 0.3) is 5.91 Å². The third kappa shape index (κ3) is 5.49. The third-order valence-corrected chi connectivity index (χ3v) is 10.7. The molecule has 1 aliphatic heterocycles. The fourth-order valence-electron chi connectivity index (χ4n) is 7.47. The van der Waals surface area contributed by atoms with E-state index in [1.807, 2.05) is 74.7 Å². The van der Waals surface area contributed by atoms with Gasteiger partial charge in [0.1, 0.15) is 17.8 Å². The molecule has 1 N–H and O–H groups in total. The summed E-state index contributed by atoms with van der Waals surface area (Å²) in [5, 5.41) is 12.7. The van der Waals surface area contributed by atoms with Gasteiger partial charge in [-0.25, -0.2) is 14.8 Å². The summed E-state index contributed by atoms with van der Waals surface area (Å²) in [6.07, 6.45) is 4.70. The molecule has 7 rings (SSSR count). The number of carboxylic acids is 1. The molecule has 6 aromatic rings. The van der Waals surface area contributed by atoms with Crippen LogP contribution in [0.4, 0.5) is 5.69 Å². The van der Waals surface area contributed by atoms with E-state index in [1.165, 1.54) is 0 Å². The van der Waals surface area contributed by atoms with Crippen LogP contribution in [0.5, 0.6) is 5.75 Å². The molecule has 0 bridgehead atoms. The number of benzene rings is 3. The van der Waals surface area contributed by atoms with Crippen molar-refractivity contribution >= 4 is 62.6 Å². The topological polar surface area (TPSA) is 102 Å². The molecular formula is C39H37Cl2N5O4. The van der Waals surface area contributed by atoms with Gasteiger partial charge >= 0.3 is 5.97 Å². The predicted molar refractivity (Wildman–Crippen MR) is 198 cm³/mol. The second-order valence-corrected chi connectivity index (χ2v) is 14.0. The van der Waals surface area contributed by atoms with E-state index in [0.29, 0.717) is 36.7 Å². The molecule has 0 aliphatic carbocycles. The SMILES string of the molecule is Cc1cc(OCCCc2c3n(c4c(-c5c(C)ncnc5C)c(Cl)ccc24)[C@H](C)CN(c2cn(C)c4cc(C(=O)O)ccc24)C3=O)cc(C)c1Cl. The highest BCUT2D eigenvalue weighted by Crippen LogP contribution is 2.45. The lowest BCUT2D eigenvalue weighted by Crippen LogP contribution is -2.42. The van der Waals surface area contributed by atoms with Crippen LogP contribution in [0.2, 0.25) is 10.0 Å². The molecule has 0 saturated heterocycles. The fourth-order valence-corrected chi connectivity index (χ4v) is 7.82. The largest absolute Gasteiger partial charge is 0.494 e. The molecular weight excluding hydrogens is 673 g/mol. The van der Waals surface area contributed by atoms with Crippen LogP contribution < -0.4 is 9.64 Å². The van der Waals surface area contributed by atoms with Crippen LogP contribution in [0.3, 0.4) is 0 Å². The van der Waals surface area contributed by atoms with E-state index in [4.69, 9.17) is 27.9 Å². The number of aromatic nitrogens is 4. The lowest BCUT2D eigenvalue weighted by Gasteiger charge is -2.34. The van der Waals surface area contributed by atoms with Crippen LogP contribution in [0.25, 0.3) is 32.9 Å². The Bertz CT molecular complexity index is 2330. The van der Waals surface area contributed by atoms with Crippen LogP contribution in [0.1, 0.15) is 68.3 Å². The standard InChI is InChI=1S/C39H37Cl2N5O4/c1-20-14-26(15-21(2)35(20)41)50-13-7-8-27-28-11-12-30(40)34(33-23(4)42-19-43-24(33)5)36(28)46-22(3)17-45(38(47)37(27)46)32-18-44(6)31-16-25(39(48)49)9-10-29(31)32/h9-12,14-16,18-19,22H,7-8,13,17H2,1-6H3,(H,48,49)/t22-/m1/s1. The highest BCUT2D eigenvalue weighted by molar-refractivity contribution is 6.35. The Hall–Kier alpha value is -4.86. The highest BCUT2D eigenvalue weighted by Gasteiger charge is 2.37. The summed E-state index contributed by atoms with van der Waals surface area (Å²) in [4.78, 5) is 37.5. The Labute approximate surface area is 300 Å². The number of anilines is 1. The van der Waals surface area contributed by atoms with E-state index < -0.39 is 5.97 Å². The summed E-state index contributed by atoms with van der Waals surface area (Å²) in [5.41, 5.74) is 9.28. The number of aryl methyl sites for hydroxylation is 6. The van der Waals surface area contributed by atoms with Crippen molar-refractivity contribution in [3.63, 3.8) is 0 Å². The first-order valence-corrected chi connectivity index (χ1v) is 17.3. The lowest BCUT2D eigenvalue weighted by atomic mass is 9.97. The summed E-state index contributed by atoms with van der Waals surface area (Å²) >= 11 is 13.4. The van der Waals surface area contributed by atoms with Crippen molar-refractivity contribution in [2.24, 2.45) is 7.05 Å². The van der Waals surface area contributed by atoms with Gasteiger partial charge in [-0.2, -0.15) is 0 Å².